The predicted octanol–water partition coefficient (Wildman–Crippen LogP) is 13.2. The highest BCUT2D eigenvalue weighted by atomic mass is 19.4. The molecule has 302 valence electrons. The zero-order valence-electron chi connectivity index (χ0n) is 33.8. The number of benzene rings is 8. The molecule has 11 rings (SSSR count). The minimum atomic E-state index is -4.73. The molecule has 0 N–H and O–H groups in total. The highest BCUT2D eigenvalue weighted by Crippen LogP contribution is 2.50. The van der Waals surface area contributed by atoms with E-state index in [4.69, 9.17) is 0 Å². The third-order valence-electron chi connectivity index (χ3n) is 12.5. The van der Waals surface area contributed by atoms with Crippen LogP contribution in [0.5, 0.6) is 0 Å². The number of rotatable bonds is 5. The number of hydrogen-bond acceptors (Lipinski definition) is 5. The Morgan fingerprint density at radius 3 is 1.45 bits per heavy atom. The third kappa shape index (κ3) is 5.93. The largest absolute Gasteiger partial charge is 0.417 e. The molecule has 0 radical (unpaired) electrons. The van der Waals surface area contributed by atoms with Crippen LogP contribution in [-0.2, 0) is 12.6 Å². The van der Waals surface area contributed by atoms with Crippen LogP contribution < -0.4 is 0 Å². The van der Waals surface area contributed by atoms with Gasteiger partial charge in [0.1, 0.15) is 6.07 Å². The number of hydrogen-bond donors (Lipinski definition) is 0. The number of halogens is 3. The minimum absolute atomic E-state index is 0.0365. The Bertz CT molecular complexity index is 3980. The first kappa shape index (κ1) is 38.5. The first-order valence-electron chi connectivity index (χ1n) is 20.4. The second-order valence-corrected chi connectivity index (χ2v) is 15.9. The van der Waals surface area contributed by atoms with Gasteiger partial charge in [-0.05, 0) is 112 Å². The van der Waals surface area contributed by atoms with Crippen LogP contribution in [-0.4, -0.2) is 9.13 Å². The molecule has 0 spiro atoms. The van der Waals surface area contributed by atoms with E-state index in [0.717, 1.165) is 33.2 Å². The lowest BCUT2D eigenvalue weighted by atomic mass is 9.94. The maximum Gasteiger partial charge on any atom is 0.417 e. The van der Waals surface area contributed by atoms with E-state index in [1.165, 1.54) is 18.2 Å². The van der Waals surface area contributed by atoms with Crippen molar-refractivity contribution in [1.82, 2.24) is 9.13 Å². The molecule has 0 saturated carbocycles. The van der Waals surface area contributed by atoms with Gasteiger partial charge in [-0.25, -0.2) is 0 Å². The number of nitrogens with zero attached hydrogens (tertiary/aromatic N) is 7. The molecule has 2 aromatic heterocycles. The van der Waals surface area contributed by atoms with Crippen LogP contribution in [0.15, 0.2) is 146 Å². The summed E-state index contributed by atoms with van der Waals surface area (Å²) in [5, 5.41) is 53.9. The van der Waals surface area contributed by atoms with Crippen LogP contribution in [0.2, 0.25) is 0 Å². The number of alkyl halides is 3. The van der Waals surface area contributed by atoms with Crippen LogP contribution in [0.4, 0.5) is 13.2 Å². The molecule has 0 unspecified atom stereocenters. The maximum atomic E-state index is 15.4. The number of nitriles is 5. The van der Waals surface area contributed by atoms with Gasteiger partial charge in [0, 0.05) is 27.1 Å². The summed E-state index contributed by atoms with van der Waals surface area (Å²) >= 11 is 0. The quantitative estimate of drug-likeness (QED) is 0.170. The topological polar surface area (TPSA) is 129 Å². The molecule has 7 nitrogen and oxygen atoms in total. The molecular weight excluding hydrogens is 816 g/mol. The van der Waals surface area contributed by atoms with Crippen molar-refractivity contribution in [2.24, 2.45) is 0 Å². The Kier molecular flexibility index (Phi) is 8.50. The van der Waals surface area contributed by atoms with E-state index in [1.54, 1.807) is 36.4 Å². The van der Waals surface area contributed by atoms with E-state index in [2.05, 4.69) is 30.3 Å². The van der Waals surface area contributed by atoms with Gasteiger partial charge in [-0.2, -0.15) is 39.5 Å². The second-order valence-electron chi connectivity index (χ2n) is 15.9. The minimum Gasteiger partial charge on any atom is -0.309 e. The van der Waals surface area contributed by atoms with Gasteiger partial charge in [-0.15, -0.1) is 0 Å². The lowest BCUT2D eigenvalue weighted by molar-refractivity contribution is -0.137. The number of aromatic nitrogens is 2. The summed E-state index contributed by atoms with van der Waals surface area (Å²) in [6.45, 7) is 0. The molecule has 0 atom stereocenters. The lowest BCUT2D eigenvalue weighted by Crippen LogP contribution is -2.10. The van der Waals surface area contributed by atoms with Gasteiger partial charge < -0.3 is 9.13 Å². The molecular formula is C55H26F3N7. The van der Waals surface area contributed by atoms with Crippen molar-refractivity contribution in [3.05, 3.63) is 190 Å². The molecule has 0 amide bonds. The van der Waals surface area contributed by atoms with E-state index in [-0.39, 0.29) is 16.7 Å². The fraction of sp³-hybridized carbons (Fsp3) is 0.0364. The Morgan fingerprint density at radius 2 is 0.938 bits per heavy atom. The van der Waals surface area contributed by atoms with Crippen molar-refractivity contribution in [1.29, 1.82) is 26.3 Å². The normalized spacial score (nSPS) is 11.8. The van der Waals surface area contributed by atoms with Crippen molar-refractivity contribution in [2.75, 3.05) is 0 Å². The summed E-state index contributed by atoms with van der Waals surface area (Å²) in [6, 6.07) is 53.5. The molecule has 0 aliphatic heterocycles. The molecule has 1 aliphatic rings. The molecule has 65 heavy (non-hydrogen) atoms. The Balaban J connectivity index is 1.26. The van der Waals surface area contributed by atoms with Crippen molar-refractivity contribution in [3.63, 3.8) is 0 Å². The summed E-state index contributed by atoms with van der Waals surface area (Å²) in [5.41, 5.74) is 8.28. The van der Waals surface area contributed by atoms with E-state index < -0.39 is 11.7 Å². The highest BCUT2D eigenvalue weighted by molar-refractivity contribution is 6.12. The van der Waals surface area contributed by atoms with Crippen molar-refractivity contribution in [2.45, 2.75) is 12.6 Å². The average molecular weight is 842 g/mol. The summed E-state index contributed by atoms with van der Waals surface area (Å²) in [5.74, 6) is 0. The number of fused-ring (bicyclic) bond motifs is 7. The van der Waals surface area contributed by atoms with Crippen molar-refractivity contribution >= 4 is 43.6 Å². The van der Waals surface area contributed by atoms with E-state index >= 15 is 13.2 Å². The van der Waals surface area contributed by atoms with Crippen LogP contribution in [0.25, 0.3) is 88.4 Å². The molecule has 0 saturated heterocycles. The maximum absolute atomic E-state index is 15.4. The molecule has 0 bridgehead atoms. The van der Waals surface area contributed by atoms with Crippen molar-refractivity contribution < 1.29 is 13.2 Å². The average Bonchev–Trinajstić information content (AvgIpc) is 3.97. The fourth-order valence-corrected chi connectivity index (χ4v) is 9.48. The molecule has 8 aromatic carbocycles. The SMILES string of the molecule is N#Cc1ccc(-c2ccc3c4ccccc4n(-c4cc(-c5c(C(F)(F)F)ccc6c5C6)c(-n5c6ccccc6c6ccc(-c7ccc(C#N)cc7C#N)cc65)cc4C#N)c3c2)c(C#N)c1. The Morgan fingerprint density at radius 1 is 0.431 bits per heavy atom. The fourth-order valence-electron chi connectivity index (χ4n) is 9.48. The third-order valence-corrected chi connectivity index (χ3v) is 12.5. The second kappa shape index (κ2) is 14.3. The molecule has 10 heteroatoms. The van der Waals surface area contributed by atoms with Gasteiger partial charge in [0.25, 0.3) is 0 Å². The molecule has 0 fully saturated rings. The van der Waals surface area contributed by atoms with Crippen LogP contribution >= 0.6 is 0 Å². The lowest BCUT2D eigenvalue weighted by Gasteiger charge is -2.21. The summed E-state index contributed by atoms with van der Waals surface area (Å²) in [7, 11) is 0. The van der Waals surface area contributed by atoms with Gasteiger partial charge in [-0.3, -0.25) is 0 Å². The van der Waals surface area contributed by atoms with Gasteiger partial charge >= 0.3 is 6.18 Å². The van der Waals surface area contributed by atoms with Gasteiger partial charge in [0.05, 0.1) is 91.1 Å². The summed E-state index contributed by atoms with van der Waals surface area (Å²) < 4.78 is 50.0. The van der Waals surface area contributed by atoms with E-state index in [9.17, 15) is 26.3 Å². The van der Waals surface area contributed by atoms with Gasteiger partial charge in [-0.1, -0.05) is 78.9 Å². The van der Waals surface area contributed by atoms with Crippen LogP contribution in [0.1, 0.15) is 44.5 Å². The molecule has 1 aliphatic carbocycles. The van der Waals surface area contributed by atoms with Crippen LogP contribution in [0, 0.1) is 56.7 Å². The molecule has 10 aromatic rings. The van der Waals surface area contributed by atoms with Crippen molar-refractivity contribution in [3.8, 4) is 75.1 Å². The monoisotopic (exact) mass is 841 g/mol. The predicted molar refractivity (Wildman–Crippen MR) is 243 cm³/mol. The summed E-state index contributed by atoms with van der Waals surface area (Å²) in [6.07, 6.45) is -4.35. The molecule has 2 heterocycles. The van der Waals surface area contributed by atoms with E-state index in [1.807, 2.05) is 94.1 Å². The summed E-state index contributed by atoms with van der Waals surface area (Å²) in [4.78, 5) is 0. The Hall–Kier alpha value is -9.40. The van der Waals surface area contributed by atoms with Gasteiger partial charge in [0.2, 0.25) is 0 Å². The smallest absolute Gasteiger partial charge is 0.309 e. The zero-order chi connectivity index (χ0) is 44.7. The zero-order valence-corrected chi connectivity index (χ0v) is 33.8. The highest BCUT2D eigenvalue weighted by Gasteiger charge is 2.39. The standard InChI is InChI=1S/C55H26F3N7/c56-55(57,58)47-18-13-33-21-45(33)54(47)46-25-50(64-48-7-3-1-5-41(48)43-16-11-34(22-51(43)64)39-14-9-31(26-59)19-36(39)28-61)38(30-63)24-53(46)65-49-8-4-2-6-42(49)44-17-12-35(23-52(44)65)40-15-10-32(27-60)20-37(40)29-62/h1-20,22-25H,21H2. The van der Waals surface area contributed by atoms with Gasteiger partial charge in [0.15, 0.2) is 0 Å². The Labute approximate surface area is 368 Å². The number of para-hydroxylation sites is 2. The van der Waals surface area contributed by atoms with E-state index in [0.29, 0.717) is 89.9 Å². The first-order valence-corrected chi connectivity index (χ1v) is 20.4. The first-order chi connectivity index (χ1) is 31.6. The van der Waals surface area contributed by atoms with Crippen LogP contribution in [0.3, 0.4) is 0 Å².